The summed E-state index contributed by atoms with van der Waals surface area (Å²) in [5.74, 6) is 1.34. The van der Waals surface area contributed by atoms with Crippen LogP contribution in [-0.4, -0.2) is 53.2 Å². The fourth-order valence-electron chi connectivity index (χ4n) is 3.25. The van der Waals surface area contributed by atoms with Gasteiger partial charge in [-0.1, -0.05) is 28.9 Å². The molecule has 0 bridgehead atoms. The number of nitrogens with zero attached hydrogens (tertiary/aromatic N) is 4. The van der Waals surface area contributed by atoms with Crippen molar-refractivity contribution in [1.29, 1.82) is 0 Å². The number of aliphatic imine (C=N–C) groups is 1. The van der Waals surface area contributed by atoms with E-state index in [0.717, 1.165) is 37.5 Å². The van der Waals surface area contributed by atoms with E-state index in [1.165, 1.54) is 0 Å². The summed E-state index contributed by atoms with van der Waals surface area (Å²) in [6.07, 6.45) is 1.74. The summed E-state index contributed by atoms with van der Waals surface area (Å²) in [6, 6.07) is 7.29. The van der Waals surface area contributed by atoms with Crippen LogP contribution in [0.15, 0.2) is 33.8 Å². The molecule has 1 N–H and O–H groups in total. The predicted octanol–water partition coefficient (Wildman–Crippen LogP) is 3.75. The van der Waals surface area contributed by atoms with Gasteiger partial charge in [-0.3, -0.25) is 4.79 Å². The molecule has 2 aromatic rings. The first-order valence-corrected chi connectivity index (χ1v) is 10.3. The fraction of sp³-hybridized carbons (Fsp3) is 0.500. The van der Waals surface area contributed by atoms with Gasteiger partial charge in [0.05, 0.1) is 12.5 Å². The Morgan fingerprint density at radius 3 is 3.00 bits per heavy atom. The number of esters is 1. The molecule has 10 heteroatoms. The Labute approximate surface area is 198 Å². The van der Waals surface area contributed by atoms with Gasteiger partial charge in [-0.2, -0.15) is 4.98 Å². The van der Waals surface area contributed by atoms with Crippen LogP contribution in [0.3, 0.4) is 0 Å². The first-order valence-electron chi connectivity index (χ1n) is 9.89. The molecule has 0 spiro atoms. The number of carbonyl (C=O) groups is 1. The van der Waals surface area contributed by atoms with Gasteiger partial charge < -0.3 is 19.5 Å². The monoisotopic (exact) mass is 547 g/mol. The Kier molecular flexibility index (Phi) is 9.83. The Bertz CT molecular complexity index is 860. The number of halogens is 2. The third-order valence-electron chi connectivity index (χ3n) is 4.59. The van der Waals surface area contributed by atoms with Crippen molar-refractivity contribution in [2.24, 2.45) is 10.9 Å². The molecule has 8 nitrogen and oxygen atoms in total. The largest absolute Gasteiger partial charge is 0.466 e. The Balaban J connectivity index is 0.00000320. The Hall–Kier alpha value is -1.88. The van der Waals surface area contributed by atoms with Crippen LogP contribution in [0.4, 0.5) is 0 Å². The first kappa shape index (κ1) is 24.4. The molecule has 0 radical (unpaired) electrons. The maximum atomic E-state index is 12.1. The molecule has 1 aliphatic rings. The first-order chi connectivity index (χ1) is 14.1. The average molecular weight is 548 g/mol. The van der Waals surface area contributed by atoms with E-state index in [-0.39, 0.29) is 42.4 Å². The summed E-state index contributed by atoms with van der Waals surface area (Å²) < 4.78 is 10.5. The van der Waals surface area contributed by atoms with Crippen molar-refractivity contribution < 1.29 is 14.1 Å². The smallest absolute Gasteiger partial charge is 0.310 e. The van der Waals surface area contributed by atoms with Crippen LogP contribution in [-0.2, 0) is 16.1 Å². The Morgan fingerprint density at radius 2 is 2.27 bits per heavy atom. The van der Waals surface area contributed by atoms with Gasteiger partial charge in [-0.05, 0) is 38.8 Å². The molecule has 1 aromatic heterocycles. The number of ether oxygens (including phenoxy) is 1. The quantitative estimate of drug-likeness (QED) is 0.255. The topological polar surface area (TPSA) is 92.9 Å². The highest BCUT2D eigenvalue weighted by molar-refractivity contribution is 14.0. The van der Waals surface area contributed by atoms with Gasteiger partial charge in [-0.15, -0.1) is 24.0 Å². The normalized spacial score (nSPS) is 16.7. The minimum absolute atomic E-state index is 0. The molecule has 0 saturated carbocycles. The van der Waals surface area contributed by atoms with Crippen molar-refractivity contribution in [3.8, 4) is 11.4 Å². The van der Waals surface area contributed by atoms with Crippen LogP contribution in [0.25, 0.3) is 11.4 Å². The lowest BCUT2D eigenvalue weighted by Crippen LogP contribution is -2.48. The molecule has 164 valence electrons. The molecule has 1 aromatic carbocycles. The van der Waals surface area contributed by atoms with Gasteiger partial charge in [-0.25, -0.2) is 4.99 Å². The molecule has 1 atom stereocenters. The third-order valence-corrected chi connectivity index (χ3v) is 4.83. The number of piperidine rings is 1. The summed E-state index contributed by atoms with van der Waals surface area (Å²) in [7, 11) is 0. The SMILES string of the molecule is CCNC(=NCc1nc(-c2cccc(Cl)c2)no1)N1CCCC(C(=O)OCC)C1.I. The standard InChI is InChI=1S/C20H26ClN5O3.HI/c1-3-22-20(26-10-6-8-15(13-26)19(27)28-4-2)23-12-17-24-18(25-29-17)14-7-5-9-16(21)11-14;/h5,7,9,11,15H,3-4,6,8,10,12-13H2,1-2H3,(H,22,23);1H. The van der Waals surface area contributed by atoms with Crippen molar-refractivity contribution in [3.63, 3.8) is 0 Å². The molecule has 1 aliphatic heterocycles. The summed E-state index contributed by atoms with van der Waals surface area (Å²) in [5.41, 5.74) is 0.789. The number of hydrogen-bond donors (Lipinski definition) is 1. The molecule has 1 saturated heterocycles. The molecule has 2 heterocycles. The van der Waals surface area contributed by atoms with Crippen LogP contribution < -0.4 is 5.32 Å². The molecule has 0 aliphatic carbocycles. The number of nitrogens with one attached hydrogen (secondary N) is 1. The van der Waals surface area contributed by atoms with Gasteiger partial charge in [0.25, 0.3) is 0 Å². The van der Waals surface area contributed by atoms with E-state index >= 15 is 0 Å². The third kappa shape index (κ3) is 6.56. The van der Waals surface area contributed by atoms with Gasteiger partial charge in [0, 0.05) is 30.2 Å². The molecular weight excluding hydrogens is 521 g/mol. The van der Waals surface area contributed by atoms with E-state index in [9.17, 15) is 4.79 Å². The second kappa shape index (κ2) is 12.1. The second-order valence-corrected chi connectivity index (χ2v) is 7.17. The minimum atomic E-state index is -0.142. The zero-order chi connectivity index (χ0) is 20.6. The van der Waals surface area contributed by atoms with Gasteiger partial charge in [0.1, 0.15) is 6.54 Å². The molecule has 30 heavy (non-hydrogen) atoms. The van der Waals surface area contributed by atoms with E-state index < -0.39 is 0 Å². The van der Waals surface area contributed by atoms with E-state index in [0.29, 0.717) is 29.9 Å². The van der Waals surface area contributed by atoms with E-state index in [1.807, 2.05) is 26.0 Å². The van der Waals surface area contributed by atoms with Crippen molar-refractivity contribution in [3.05, 3.63) is 35.2 Å². The summed E-state index contributed by atoms with van der Waals surface area (Å²) >= 11 is 6.02. The number of rotatable bonds is 6. The highest BCUT2D eigenvalue weighted by atomic mass is 127. The zero-order valence-corrected chi connectivity index (χ0v) is 20.2. The molecule has 3 rings (SSSR count). The highest BCUT2D eigenvalue weighted by Gasteiger charge is 2.28. The number of likely N-dealkylation sites (tertiary alicyclic amines) is 1. The minimum Gasteiger partial charge on any atom is -0.466 e. The zero-order valence-electron chi connectivity index (χ0n) is 17.1. The van der Waals surface area contributed by atoms with Crippen LogP contribution >= 0.6 is 35.6 Å². The van der Waals surface area contributed by atoms with E-state index in [1.54, 1.807) is 12.1 Å². The number of benzene rings is 1. The summed E-state index contributed by atoms with van der Waals surface area (Å²) in [5, 5.41) is 7.90. The second-order valence-electron chi connectivity index (χ2n) is 6.73. The van der Waals surface area contributed by atoms with E-state index in [4.69, 9.17) is 20.9 Å². The van der Waals surface area contributed by atoms with E-state index in [2.05, 4.69) is 25.3 Å². The summed E-state index contributed by atoms with van der Waals surface area (Å²) in [6.45, 7) is 6.61. The maximum absolute atomic E-state index is 12.1. The fourth-order valence-corrected chi connectivity index (χ4v) is 3.44. The van der Waals surface area contributed by atoms with Crippen molar-refractivity contribution >= 4 is 47.5 Å². The lowest BCUT2D eigenvalue weighted by molar-refractivity contribution is -0.149. The van der Waals surface area contributed by atoms with Crippen LogP contribution in [0, 0.1) is 5.92 Å². The molecular formula is C20H27ClIN5O3. The maximum Gasteiger partial charge on any atom is 0.310 e. The lowest BCUT2D eigenvalue weighted by atomic mass is 9.98. The molecule has 0 amide bonds. The van der Waals surface area contributed by atoms with Gasteiger partial charge >= 0.3 is 5.97 Å². The van der Waals surface area contributed by atoms with Crippen LogP contribution in [0.5, 0.6) is 0 Å². The van der Waals surface area contributed by atoms with Gasteiger partial charge in [0.2, 0.25) is 11.7 Å². The van der Waals surface area contributed by atoms with Crippen molar-refractivity contribution in [2.75, 3.05) is 26.2 Å². The van der Waals surface area contributed by atoms with Crippen LogP contribution in [0.2, 0.25) is 5.02 Å². The Morgan fingerprint density at radius 1 is 1.43 bits per heavy atom. The van der Waals surface area contributed by atoms with Crippen molar-refractivity contribution in [1.82, 2.24) is 20.4 Å². The highest BCUT2D eigenvalue weighted by Crippen LogP contribution is 2.21. The summed E-state index contributed by atoms with van der Waals surface area (Å²) in [4.78, 5) is 23.2. The van der Waals surface area contributed by atoms with Crippen LogP contribution in [0.1, 0.15) is 32.6 Å². The van der Waals surface area contributed by atoms with Crippen molar-refractivity contribution in [2.45, 2.75) is 33.2 Å². The number of guanidine groups is 1. The average Bonchev–Trinajstić information content (AvgIpc) is 3.20. The predicted molar refractivity (Wildman–Crippen MR) is 126 cm³/mol. The molecule has 1 unspecified atom stereocenters. The van der Waals surface area contributed by atoms with Gasteiger partial charge in [0.15, 0.2) is 5.96 Å². The number of aromatic nitrogens is 2. The molecule has 1 fully saturated rings. The number of hydrogen-bond acceptors (Lipinski definition) is 6. The number of carbonyl (C=O) groups excluding carboxylic acids is 1. The lowest BCUT2D eigenvalue weighted by Gasteiger charge is -2.33.